The van der Waals surface area contributed by atoms with Gasteiger partial charge in [-0.1, -0.05) is 19.9 Å². The van der Waals surface area contributed by atoms with E-state index < -0.39 is 0 Å². The van der Waals surface area contributed by atoms with E-state index in [4.69, 9.17) is 0 Å². The summed E-state index contributed by atoms with van der Waals surface area (Å²) in [4.78, 5) is 4.32. The van der Waals surface area contributed by atoms with Crippen LogP contribution in [0.5, 0.6) is 0 Å². The van der Waals surface area contributed by atoms with Crippen molar-refractivity contribution in [2.24, 2.45) is 0 Å². The van der Waals surface area contributed by atoms with E-state index in [0.29, 0.717) is 5.92 Å². The maximum atomic E-state index is 4.32. The molecule has 1 unspecified atom stereocenters. The van der Waals surface area contributed by atoms with Gasteiger partial charge < -0.3 is 9.88 Å². The van der Waals surface area contributed by atoms with Gasteiger partial charge in [0.15, 0.2) is 0 Å². The minimum atomic E-state index is 0.534. The monoisotopic (exact) mass is 255 g/mol. The molecule has 1 aliphatic heterocycles. The van der Waals surface area contributed by atoms with Crippen LogP contribution in [0, 0.1) is 0 Å². The maximum absolute atomic E-state index is 4.32. The van der Waals surface area contributed by atoms with Gasteiger partial charge in [0.1, 0.15) is 0 Å². The van der Waals surface area contributed by atoms with Gasteiger partial charge in [-0.2, -0.15) is 0 Å². The summed E-state index contributed by atoms with van der Waals surface area (Å²) in [5.74, 6) is 0.534. The van der Waals surface area contributed by atoms with Gasteiger partial charge in [0.25, 0.3) is 0 Å². The van der Waals surface area contributed by atoms with E-state index in [9.17, 15) is 0 Å². The predicted octanol–water partition coefficient (Wildman–Crippen LogP) is 3.74. The van der Waals surface area contributed by atoms with E-state index in [1.165, 1.54) is 35.5 Å². The molecule has 2 heterocycles. The van der Waals surface area contributed by atoms with Crippen molar-refractivity contribution in [3.63, 3.8) is 0 Å². The van der Waals surface area contributed by atoms with Gasteiger partial charge in [0.05, 0.1) is 6.33 Å². The van der Waals surface area contributed by atoms with Crippen LogP contribution in [0.15, 0.2) is 30.7 Å². The third-order valence-electron chi connectivity index (χ3n) is 4.09. The summed E-state index contributed by atoms with van der Waals surface area (Å²) in [5.41, 5.74) is 5.21. The highest BCUT2D eigenvalue weighted by Crippen LogP contribution is 2.27. The molecule has 0 radical (unpaired) electrons. The highest BCUT2D eigenvalue weighted by Gasteiger charge is 2.13. The van der Waals surface area contributed by atoms with Crippen LogP contribution in [0.25, 0.3) is 5.69 Å². The Bertz CT molecular complexity index is 571. The molecule has 0 spiro atoms. The molecule has 1 atom stereocenters. The van der Waals surface area contributed by atoms with Crippen LogP contribution in [0.2, 0.25) is 0 Å². The first-order valence-corrected chi connectivity index (χ1v) is 7.19. The Morgan fingerprint density at radius 1 is 1.42 bits per heavy atom. The minimum absolute atomic E-state index is 0.534. The van der Waals surface area contributed by atoms with E-state index in [-0.39, 0.29) is 0 Å². The Labute approximate surface area is 114 Å². The Morgan fingerprint density at radius 3 is 3.16 bits per heavy atom. The van der Waals surface area contributed by atoms with E-state index in [0.717, 1.165) is 13.0 Å². The number of imidazole rings is 1. The lowest BCUT2D eigenvalue weighted by Gasteiger charge is -2.20. The molecule has 3 nitrogen and oxygen atoms in total. The number of anilines is 1. The highest BCUT2D eigenvalue weighted by atomic mass is 15.1. The molecule has 0 fully saturated rings. The second-order valence-corrected chi connectivity index (χ2v) is 5.37. The zero-order valence-electron chi connectivity index (χ0n) is 11.7. The number of nitrogens with one attached hydrogen (secondary N) is 1. The molecule has 1 aliphatic rings. The van der Waals surface area contributed by atoms with Crippen molar-refractivity contribution in [1.29, 1.82) is 0 Å². The van der Waals surface area contributed by atoms with Crippen molar-refractivity contribution in [3.05, 3.63) is 42.0 Å². The lowest BCUT2D eigenvalue weighted by atomic mass is 10.0. The minimum Gasteiger partial charge on any atom is -0.385 e. The first-order chi connectivity index (χ1) is 9.29. The van der Waals surface area contributed by atoms with Crippen molar-refractivity contribution in [1.82, 2.24) is 9.55 Å². The van der Waals surface area contributed by atoms with Crippen LogP contribution in [0.4, 0.5) is 5.69 Å². The normalized spacial score (nSPS) is 15.7. The summed E-state index contributed by atoms with van der Waals surface area (Å²) in [6.45, 7) is 5.55. The van der Waals surface area contributed by atoms with E-state index in [2.05, 4.69) is 46.9 Å². The summed E-state index contributed by atoms with van der Waals surface area (Å²) in [6, 6.07) is 6.71. The molecule has 0 saturated carbocycles. The zero-order valence-corrected chi connectivity index (χ0v) is 11.7. The second kappa shape index (κ2) is 5.08. The molecule has 1 aromatic heterocycles. The molecule has 2 aromatic rings. The number of hydrogen-bond donors (Lipinski definition) is 1. The van der Waals surface area contributed by atoms with Crippen LogP contribution < -0.4 is 5.32 Å². The molecule has 100 valence electrons. The third kappa shape index (κ3) is 2.25. The number of fused-ring (bicyclic) bond motifs is 1. The number of aryl methyl sites for hydroxylation is 1. The molecular formula is C16H21N3. The number of rotatable bonds is 3. The van der Waals surface area contributed by atoms with Crippen LogP contribution in [-0.2, 0) is 6.42 Å². The highest BCUT2D eigenvalue weighted by molar-refractivity contribution is 5.58. The van der Waals surface area contributed by atoms with Crippen molar-refractivity contribution in [3.8, 4) is 5.69 Å². The van der Waals surface area contributed by atoms with E-state index in [1.807, 2.05) is 12.5 Å². The van der Waals surface area contributed by atoms with Crippen LogP contribution in [-0.4, -0.2) is 16.1 Å². The quantitative estimate of drug-likeness (QED) is 0.905. The number of aromatic nitrogens is 2. The van der Waals surface area contributed by atoms with Gasteiger partial charge in [-0.05, 0) is 42.9 Å². The molecule has 0 saturated heterocycles. The molecular weight excluding hydrogens is 234 g/mol. The molecule has 0 bridgehead atoms. The molecule has 1 aromatic carbocycles. The number of nitrogens with zero attached hydrogens (tertiary/aromatic N) is 2. The van der Waals surface area contributed by atoms with Gasteiger partial charge in [-0.3, -0.25) is 0 Å². The van der Waals surface area contributed by atoms with Gasteiger partial charge in [0, 0.05) is 29.8 Å². The van der Waals surface area contributed by atoms with Gasteiger partial charge in [-0.15, -0.1) is 0 Å². The maximum Gasteiger partial charge on any atom is 0.0994 e. The summed E-state index contributed by atoms with van der Waals surface area (Å²) in [5, 5.41) is 3.49. The molecule has 19 heavy (non-hydrogen) atoms. The smallest absolute Gasteiger partial charge is 0.0994 e. The average molecular weight is 255 g/mol. The summed E-state index contributed by atoms with van der Waals surface area (Å²) < 4.78 is 2.21. The fourth-order valence-electron chi connectivity index (χ4n) is 2.69. The lowest BCUT2D eigenvalue weighted by molar-refractivity contribution is 0.689. The van der Waals surface area contributed by atoms with Crippen LogP contribution in [0.1, 0.15) is 43.9 Å². The molecule has 0 aliphatic carbocycles. The summed E-state index contributed by atoms with van der Waals surface area (Å²) >= 11 is 0. The van der Waals surface area contributed by atoms with E-state index >= 15 is 0 Å². The van der Waals surface area contributed by atoms with Crippen LogP contribution in [0.3, 0.4) is 0 Å². The van der Waals surface area contributed by atoms with Crippen molar-refractivity contribution in [2.45, 2.75) is 39.0 Å². The van der Waals surface area contributed by atoms with E-state index in [1.54, 1.807) is 0 Å². The fourth-order valence-corrected chi connectivity index (χ4v) is 2.69. The lowest BCUT2D eigenvalue weighted by Crippen LogP contribution is -2.12. The van der Waals surface area contributed by atoms with Crippen LogP contribution >= 0.6 is 0 Å². The van der Waals surface area contributed by atoms with Gasteiger partial charge >= 0.3 is 0 Å². The topological polar surface area (TPSA) is 29.9 Å². The predicted molar refractivity (Wildman–Crippen MR) is 79.1 cm³/mol. The average Bonchev–Trinajstić information content (AvgIpc) is 2.95. The molecule has 3 rings (SSSR count). The second-order valence-electron chi connectivity index (χ2n) is 5.37. The zero-order chi connectivity index (χ0) is 13.2. The number of hydrogen-bond acceptors (Lipinski definition) is 2. The standard InChI is InChI=1S/C16H21N3/c1-3-12(2)16-10-17-11-19(16)14-7-6-13-5-4-8-18-15(13)9-14/h6-7,9-12,18H,3-5,8H2,1-2H3. The fraction of sp³-hybridized carbons (Fsp3) is 0.438. The molecule has 3 heteroatoms. The SMILES string of the molecule is CCC(C)c1cncn1-c1ccc2c(c1)NCCC2. The number of benzene rings is 1. The Balaban J connectivity index is 2.00. The van der Waals surface area contributed by atoms with Gasteiger partial charge in [0.2, 0.25) is 0 Å². The summed E-state index contributed by atoms with van der Waals surface area (Å²) in [6.07, 6.45) is 7.46. The van der Waals surface area contributed by atoms with Crippen molar-refractivity contribution >= 4 is 5.69 Å². The first kappa shape index (κ1) is 12.3. The van der Waals surface area contributed by atoms with Crippen molar-refractivity contribution < 1.29 is 0 Å². The first-order valence-electron chi connectivity index (χ1n) is 7.19. The Hall–Kier alpha value is -1.77. The summed E-state index contributed by atoms with van der Waals surface area (Å²) in [7, 11) is 0. The molecule has 1 N–H and O–H groups in total. The Kier molecular flexibility index (Phi) is 3.28. The molecule has 0 amide bonds. The largest absolute Gasteiger partial charge is 0.385 e. The Morgan fingerprint density at radius 2 is 2.32 bits per heavy atom. The van der Waals surface area contributed by atoms with Gasteiger partial charge in [-0.25, -0.2) is 4.98 Å². The van der Waals surface area contributed by atoms with Crippen molar-refractivity contribution in [2.75, 3.05) is 11.9 Å². The third-order valence-corrected chi connectivity index (χ3v) is 4.09.